The maximum absolute atomic E-state index is 12.3. The van der Waals surface area contributed by atoms with Crippen LogP contribution in [0.5, 0.6) is 0 Å². The Labute approximate surface area is 132 Å². The molecule has 0 spiro atoms. The smallest absolute Gasteiger partial charge is 0.266 e. The molecule has 2 rings (SSSR count). The lowest BCUT2D eigenvalue weighted by atomic mass is 10.4. The molecule has 0 aliphatic heterocycles. The Balaban J connectivity index is 2.40. The highest BCUT2D eigenvalue weighted by molar-refractivity contribution is 9.10. The number of pyridine rings is 1. The first-order chi connectivity index (χ1) is 9.42. The molecule has 2 aromatic rings. The van der Waals surface area contributed by atoms with Crippen LogP contribution in [0.15, 0.2) is 38.6 Å². The number of rotatable bonds is 4. The van der Waals surface area contributed by atoms with Gasteiger partial charge < -0.3 is 5.32 Å². The second-order valence-corrected chi connectivity index (χ2v) is 6.96. The second-order valence-electron chi connectivity index (χ2n) is 3.58. The van der Waals surface area contributed by atoms with Crippen LogP contribution >= 0.6 is 31.9 Å². The van der Waals surface area contributed by atoms with Gasteiger partial charge in [-0.05, 0) is 37.9 Å². The summed E-state index contributed by atoms with van der Waals surface area (Å²) in [5.74, 6) is 0.362. The van der Waals surface area contributed by atoms with Gasteiger partial charge in [0.05, 0.1) is 12.4 Å². The molecule has 20 heavy (non-hydrogen) atoms. The van der Waals surface area contributed by atoms with Crippen molar-refractivity contribution < 1.29 is 8.42 Å². The van der Waals surface area contributed by atoms with Crippen LogP contribution in [0, 0.1) is 0 Å². The Bertz CT molecular complexity index is 721. The topological polar surface area (TPSA) is 96.9 Å². The van der Waals surface area contributed by atoms with Gasteiger partial charge in [-0.25, -0.2) is 23.4 Å². The molecule has 0 aliphatic carbocycles. The van der Waals surface area contributed by atoms with E-state index in [-0.39, 0.29) is 16.5 Å². The zero-order chi connectivity index (χ0) is 14.8. The van der Waals surface area contributed by atoms with Crippen molar-refractivity contribution in [2.45, 2.75) is 4.90 Å². The lowest BCUT2D eigenvalue weighted by molar-refractivity contribution is 0.601. The monoisotopic (exact) mass is 421 g/mol. The summed E-state index contributed by atoms with van der Waals surface area (Å²) >= 11 is 6.32. The van der Waals surface area contributed by atoms with Gasteiger partial charge in [0.1, 0.15) is 15.3 Å². The number of sulfonamides is 1. The van der Waals surface area contributed by atoms with Gasteiger partial charge in [0, 0.05) is 17.7 Å². The van der Waals surface area contributed by atoms with E-state index >= 15 is 0 Å². The summed E-state index contributed by atoms with van der Waals surface area (Å²) < 4.78 is 28.1. The van der Waals surface area contributed by atoms with Crippen LogP contribution in [-0.2, 0) is 10.0 Å². The van der Waals surface area contributed by atoms with Gasteiger partial charge in [0.25, 0.3) is 10.0 Å². The summed E-state index contributed by atoms with van der Waals surface area (Å²) in [6.45, 7) is 0. The number of nitrogens with one attached hydrogen (secondary N) is 2. The van der Waals surface area contributed by atoms with Crippen LogP contribution in [0.3, 0.4) is 0 Å². The van der Waals surface area contributed by atoms with Gasteiger partial charge in [0.2, 0.25) is 0 Å². The first kappa shape index (κ1) is 15.1. The minimum absolute atomic E-state index is 0.0130. The summed E-state index contributed by atoms with van der Waals surface area (Å²) in [6, 6.07) is 1.45. The van der Waals surface area contributed by atoms with E-state index in [0.717, 1.165) is 0 Å². The van der Waals surface area contributed by atoms with Gasteiger partial charge >= 0.3 is 0 Å². The number of aromatic nitrogens is 3. The first-order valence-corrected chi connectivity index (χ1v) is 8.33. The van der Waals surface area contributed by atoms with E-state index in [0.29, 0.717) is 9.08 Å². The molecule has 7 nitrogen and oxygen atoms in total. The van der Waals surface area contributed by atoms with E-state index in [2.05, 4.69) is 56.9 Å². The molecule has 2 heterocycles. The van der Waals surface area contributed by atoms with Crippen LogP contribution in [0.1, 0.15) is 0 Å². The molecular formula is C10H9Br2N5O2S. The van der Waals surface area contributed by atoms with E-state index in [4.69, 9.17) is 0 Å². The third-order valence-corrected chi connectivity index (χ3v) is 4.42. The molecule has 0 radical (unpaired) electrons. The fourth-order valence-corrected chi connectivity index (χ4v) is 3.24. The standard InChI is InChI=1S/C10H9Br2N5O2S/c1-13-10-7(2-6(11)3-16-10)20(18,19)17-9-5-14-8(12)4-15-9/h2-5H,1H3,(H,13,16)(H,15,17). The third kappa shape index (κ3) is 3.44. The highest BCUT2D eigenvalue weighted by Gasteiger charge is 2.20. The fraction of sp³-hybridized carbons (Fsp3) is 0.100. The Morgan fingerprint density at radius 2 is 1.85 bits per heavy atom. The van der Waals surface area contributed by atoms with Gasteiger partial charge in [0.15, 0.2) is 5.82 Å². The molecule has 0 aliphatic rings. The van der Waals surface area contributed by atoms with Gasteiger partial charge in [-0.2, -0.15) is 0 Å². The maximum Gasteiger partial charge on any atom is 0.266 e. The quantitative estimate of drug-likeness (QED) is 0.784. The first-order valence-electron chi connectivity index (χ1n) is 5.26. The zero-order valence-corrected chi connectivity index (χ0v) is 14.1. The molecule has 106 valence electrons. The highest BCUT2D eigenvalue weighted by Crippen LogP contribution is 2.24. The van der Waals surface area contributed by atoms with Crippen molar-refractivity contribution >= 4 is 53.5 Å². The largest absolute Gasteiger partial charge is 0.372 e. The predicted molar refractivity (Wildman–Crippen MR) is 82.0 cm³/mol. The molecule has 0 aromatic carbocycles. The number of halogens is 2. The minimum atomic E-state index is -3.81. The lowest BCUT2D eigenvalue weighted by Gasteiger charge is -2.10. The molecule has 0 atom stereocenters. The average molecular weight is 423 g/mol. The van der Waals surface area contributed by atoms with Crippen LogP contribution < -0.4 is 10.0 Å². The Morgan fingerprint density at radius 3 is 2.45 bits per heavy atom. The van der Waals surface area contributed by atoms with E-state index in [9.17, 15) is 8.42 Å². The fourth-order valence-electron chi connectivity index (χ4n) is 1.37. The molecule has 2 aromatic heterocycles. The molecule has 0 amide bonds. The Kier molecular flexibility index (Phi) is 4.55. The third-order valence-electron chi connectivity index (χ3n) is 2.20. The van der Waals surface area contributed by atoms with Crippen LogP contribution in [0.4, 0.5) is 11.6 Å². The van der Waals surface area contributed by atoms with Crippen molar-refractivity contribution in [3.05, 3.63) is 33.7 Å². The molecule has 0 fully saturated rings. The number of hydrogen-bond acceptors (Lipinski definition) is 6. The number of anilines is 2. The summed E-state index contributed by atoms with van der Waals surface area (Å²) in [7, 11) is -2.22. The lowest BCUT2D eigenvalue weighted by Crippen LogP contribution is -2.16. The second kappa shape index (κ2) is 6.02. The highest BCUT2D eigenvalue weighted by atomic mass is 79.9. The van der Waals surface area contributed by atoms with E-state index in [1.54, 1.807) is 7.05 Å². The van der Waals surface area contributed by atoms with Crippen molar-refractivity contribution in [2.24, 2.45) is 0 Å². The normalized spacial score (nSPS) is 11.2. The molecular weight excluding hydrogens is 414 g/mol. The van der Waals surface area contributed by atoms with Crippen LogP contribution in [-0.4, -0.2) is 30.4 Å². The van der Waals surface area contributed by atoms with E-state index in [1.807, 2.05) is 0 Å². The molecule has 0 saturated carbocycles. The Hall–Kier alpha value is -1.26. The zero-order valence-electron chi connectivity index (χ0n) is 10.1. The summed E-state index contributed by atoms with van der Waals surface area (Å²) in [6.07, 6.45) is 4.21. The molecule has 10 heteroatoms. The molecule has 0 saturated heterocycles. The van der Waals surface area contributed by atoms with E-state index < -0.39 is 10.0 Å². The molecule has 2 N–H and O–H groups in total. The minimum Gasteiger partial charge on any atom is -0.372 e. The summed E-state index contributed by atoms with van der Waals surface area (Å²) in [5, 5.41) is 2.73. The van der Waals surface area contributed by atoms with Crippen LogP contribution in [0.25, 0.3) is 0 Å². The summed E-state index contributed by atoms with van der Waals surface area (Å²) in [4.78, 5) is 11.8. The summed E-state index contributed by atoms with van der Waals surface area (Å²) in [5.41, 5.74) is 0. The van der Waals surface area contributed by atoms with Crippen molar-refractivity contribution in [3.63, 3.8) is 0 Å². The van der Waals surface area contributed by atoms with Crippen LogP contribution in [0.2, 0.25) is 0 Å². The van der Waals surface area contributed by atoms with Gasteiger partial charge in [-0.3, -0.25) is 4.72 Å². The van der Waals surface area contributed by atoms with Gasteiger partial charge in [-0.15, -0.1) is 0 Å². The predicted octanol–water partition coefficient (Wildman–Crippen LogP) is 2.24. The van der Waals surface area contributed by atoms with Crippen molar-refractivity contribution in [2.75, 3.05) is 17.1 Å². The van der Waals surface area contributed by atoms with E-state index in [1.165, 1.54) is 24.7 Å². The van der Waals surface area contributed by atoms with Gasteiger partial charge in [-0.1, -0.05) is 0 Å². The average Bonchev–Trinajstić information content (AvgIpc) is 2.41. The van der Waals surface area contributed by atoms with Crippen molar-refractivity contribution in [1.29, 1.82) is 0 Å². The maximum atomic E-state index is 12.3. The molecule has 0 unspecified atom stereocenters. The van der Waals surface area contributed by atoms with Crippen molar-refractivity contribution in [1.82, 2.24) is 15.0 Å². The number of nitrogens with zero attached hydrogens (tertiary/aromatic N) is 3. The molecule has 0 bridgehead atoms. The Morgan fingerprint density at radius 1 is 1.10 bits per heavy atom. The SMILES string of the molecule is CNc1ncc(Br)cc1S(=O)(=O)Nc1cnc(Br)cn1. The number of hydrogen-bond donors (Lipinski definition) is 2. The van der Waals surface area contributed by atoms with Crippen molar-refractivity contribution in [3.8, 4) is 0 Å².